The summed E-state index contributed by atoms with van der Waals surface area (Å²) in [6.07, 6.45) is 0. The van der Waals surface area contributed by atoms with Crippen molar-refractivity contribution in [2.24, 2.45) is 0 Å². The van der Waals surface area contributed by atoms with Crippen LogP contribution in [-0.2, 0) is 21.4 Å². The van der Waals surface area contributed by atoms with Crippen LogP contribution in [0.5, 0.6) is 5.75 Å². The van der Waals surface area contributed by atoms with Crippen molar-refractivity contribution in [2.75, 3.05) is 18.0 Å². The van der Waals surface area contributed by atoms with Crippen molar-refractivity contribution >= 4 is 21.6 Å². The van der Waals surface area contributed by atoms with E-state index in [9.17, 15) is 17.6 Å². The van der Waals surface area contributed by atoms with Crippen LogP contribution in [0, 0.1) is 12.7 Å². The molecule has 162 valence electrons. The zero-order valence-electron chi connectivity index (χ0n) is 17.2. The van der Waals surface area contributed by atoms with Gasteiger partial charge < -0.3 is 10.1 Å². The highest BCUT2D eigenvalue weighted by Crippen LogP contribution is 2.25. The molecule has 0 fully saturated rings. The zero-order valence-corrected chi connectivity index (χ0v) is 18.0. The van der Waals surface area contributed by atoms with E-state index in [1.54, 1.807) is 0 Å². The first-order valence-electron chi connectivity index (χ1n) is 9.54. The molecule has 0 atom stereocenters. The number of carbonyl (C=O) groups is 1. The van der Waals surface area contributed by atoms with E-state index in [1.807, 2.05) is 31.2 Å². The largest absolute Gasteiger partial charge is 0.497 e. The Kier molecular flexibility index (Phi) is 6.91. The molecule has 3 rings (SSSR count). The summed E-state index contributed by atoms with van der Waals surface area (Å²) >= 11 is 0. The van der Waals surface area contributed by atoms with Crippen LogP contribution >= 0.6 is 0 Å². The maximum absolute atomic E-state index is 13.4. The lowest BCUT2D eigenvalue weighted by molar-refractivity contribution is -0.119. The minimum atomic E-state index is -4.08. The van der Waals surface area contributed by atoms with Crippen molar-refractivity contribution in [3.05, 3.63) is 89.7 Å². The number of methoxy groups -OCH3 is 1. The van der Waals surface area contributed by atoms with E-state index in [-0.39, 0.29) is 17.1 Å². The van der Waals surface area contributed by atoms with E-state index in [1.165, 1.54) is 43.5 Å². The first-order valence-corrected chi connectivity index (χ1v) is 11.0. The number of amides is 1. The van der Waals surface area contributed by atoms with Crippen molar-refractivity contribution in [3.8, 4) is 5.75 Å². The van der Waals surface area contributed by atoms with Gasteiger partial charge in [-0.25, -0.2) is 12.8 Å². The Morgan fingerprint density at radius 1 is 1.03 bits per heavy atom. The lowest BCUT2D eigenvalue weighted by Gasteiger charge is -2.24. The number of hydrogen-bond acceptors (Lipinski definition) is 4. The van der Waals surface area contributed by atoms with Crippen LogP contribution in [0.4, 0.5) is 10.1 Å². The maximum Gasteiger partial charge on any atom is 0.264 e. The number of anilines is 1. The quantitative estimate of drug-likeness (QED) is 0.578. The summed E-state index contributed by atoms with van der Waals surface area (Å²) in [6.45, 7) is 1.76. The second kappa shape index (κ2) is 9.61. The van der Waals surface area contributed by atoms with Gasteiger partial charge in [0.05, 0.1) is 17.7 Å². The van der Waals surface area contributed by atoms with Gasteiger partial charge in [-0.15, -0.1) is 0 Å². The highest BCUT2D eigenvalue weighted by Gasteiger charge is 2.27. The molecule has 3 aromatic carbocycles. The van der Waals surface area contributed by atoms with Crippen LogP contribution < -0.4 is 14.4 Å². The highest BCUT2D eigenvalue weighted by molar-refractivity contribution is 7.92. The Bertz CT molecular complexity index is 1150. The third-order valence-corrected chi connectivity index (χ3v) is 6.41. The van der Waals surface area contributed by atoms with Crippen LogP contribution in [0.25, 0.3) is 0 Å². The van der Waals surface area contributed by atoms with Crippen molar-refractivity contribution in [3.63, 3.8) is 0 Å². The lowest BCUT2D eigenvalue weighted by Crippen LogP contribution is -2.40. The third kappa shape index (κ3) is 5.61. The number of carbonyl (C=O) groups excluding carboxylic acids is 1. The summed E-state index contributed by atoms with van der Waals surface area (Å²) < 4.78 is 46.0. The van der Waals surface area contributed by atoms with Crippen LogP contribution in [0.1, 0.15) is 11.1 Å². The molecule has 0 heterocycles. The molecule has 1 N–H and O–H groups in total. The average molecular weight is 443 g/mol. The van der Waals surface area contributed by atoms with E-state index in [0.29, 0.717) is 5.75 Å². The van der Waals surface area contributed by atoms with Crippen molar-refractivity contribution in [2.45, 2.75) is 18.4 Å². The highest BCUT2D eigenvalue weighted by atomic mass is 32.2. The molecule has 0 bridgehead atoms. The van der Waals surface area contributed by atoms with Crippen LogP contribution in [-0.4, -0.2) is 28.0 Å². The van der Waals surface area contributed by atoms with Gasteiger partial charge in [0.1, 0.15) is 18.1 Å². The van der Waals surface area contributed by atoms with Gasteiger partial charge in [-0.05, 0) is 61.0 Å². The molecule has 6 nitrogen and oxygen atoms in total. The Labute approximate surface area is 181 Å². The number of halogens is 1. The Balaban J connectivity index is 1.85. The molecule has 0 aliphatic rings. The Morgan fingerprint density at radius 2 is 1.71 bits per heavy atom. The number of aryl methyl sites for hydroxylation is 1. The van der Waals surface area contributed by atoms with Gasteiger partial charge in [0.25, 0.3) is 10.0 Å². The molecule has 3 aromatic rings. The fraction of sp³-hybridized carbons (Fsp3) is 0.174. The molecular formula is C23H23FN2O4S. The minimum absolute atomic E-state index is 0.0101. The summed E-state index contributed by atoms with van der Waals surface area (Å²) in [7, 11) is -2.60. The molecule has 0 aliphatic heterocycles. The minimum Gasteiger partial charge on any atom is -0.497 e. The molecule has 0 spiro atoms. The van der Waals surface area contributed by atoms with E-state index < -0.39 is 28.3 Å². The maximum atomic E-state index is 13.4. The average Bonchev–Trinajstić information content (AvgIpc) is 2.77. The van der Waals surface area contributed by atoms with Crippen molar-refractivity contribution in [1.82, 2.24) is 5.32 Å². The number of ether oxygens (including phenoxy) is 1. The number of hydrogen-bond donors (Lipinski definition) is 1. The molecular weight excluding hydrogens is 419 g/mol. The fourth-order valence-corrected chi connectivity index (χ4v) is 4.43. The SMILES string of the molecule is COc1ccc(S(=O)(=O)N(CC(=O)NCc2cccc(C)c2)c2ccc(F)cc2)cc1. The summed E-state index contributed by atoms with van der Waals surface area (Å²) in [6, 6.07) is 18.4. The fourth-order valence-electron chi connectivity index (χ4n) is 3.01. The molecule has 31 heavy (non-hydrogen) atoms. The molecule has 0 saturated carbocycles. The standard InChI is InChI=1S/C23H23FN2O4S/c1-17-4-3-5-18(14-17)15-25-23(27)16-26(20-8-6-19(24)7-9-20)31(28,29)22-12-10-21(30-2)11-13-22/h3-14H,15-16H2,1-2H3,(H,25,27). The summed E-state index contributed by atoms with van der Waals surface area (Å²) in [5.74, 6) is -0.486. The van der Waals surface area contributed by atoms with E-state index in [0.717, 1.165) is 27.6 Å². The van der Waals surface area contributed by atoms with Gasteiger partial charge >= 0.3 is 0 Å². The van der Waals surface area contributed by atoms with Crippen molar-refractivity contribution in [1.29, 1.82) is 0 Å². The van der Waals surface area contributed by atoms with Crippen LogP contribution in [0.15, 0.2) is 77.7 Å². The van der Waals surface area contributed by atoms with Crippen molar-refractivity contribution < 1.29 is 22.3 Å². The number of benzene rings is 3. The first kappa shape index (κ1) is 22.3. The van der Waals surface area contributed by atoms with E-state index >= 15 is 0 Å². The second-order valence-corrected chi connectivity index (χ2v) is 8.79. The topological polar surface area (TPSA) is 75.7 Å². The third-order valence-electron chi connectivity index (χ3n) is 4.62. The number of nitrogens with one attached hydrogen (secondary N) is 1. The smallest absolute Gasteiger partial charge is 0.264 e. The van der Waals surface area contributed by atoms with Gasteiger partial charge in [-0.3, -0.25) is 9.10 Å². The monoisotopic (exact) mass is 442 g/mol. The van der Waals surface area contributed by atoms with Gasteiger partial charge in [0.15, 0.2) is 0 Å². The van der Waals surface area contributed by atoms with Gasteiger partial charge in [-0.1, -0.05) is 29.8 Å². The Hall–Kier alpha value is -3.39. The van der Waals surface area contributed by atoms with Crippen LogP contribution in [0.3, 0.4) is 0 Å². The number of rotatable bonds is 8. The molecule has 0 radical (unpaired) electrons. The van der Waals surface area contributed by atoms with Gasteiger partial charge in [0.2, 0.25) is 5.91 Å². The molecule has 0 saturated heterocycles. The molecule has 0 unspecified atom stereocenters. The molecule has 8 heteroatoms. The molecule has 1 amide bonds. The predicted molar refractivity (Wildman–Crippen MR) is 117 cm³/mol. The van der Waals surface area contributed by atoms with E-state index in [2.05, 4.69) is 5.32 Å². The van der Waals surface area contributed by atoms with Crippen LogP contribution in [0.2, 0.25) is 0 Å². The summed E-state index contributed by atoms with van der Waals surface area (Å²) in [4.78, 5) is 12.6. The molecule has 0 aliphatic carbocycles. The first-order chi connectivity index (χ1) is 14.8. The second-order valence-electron chi connectivity index (χ2n) is 6.93. The zero-order chi connectivity index (χ0) is 22.4. The van der Waals surface area contributed by atoms with Gasteiger partial charge in [-0.2, -0.15) is 0 Å². The Morgan fingerprint density at radius 3 is 2.32 bits per heavy atom. The summed E-state index contributed by atoms with van der Waals surface area (Å²) in [5, 5.41) is 2.74. The predicted octanol–water partition coefficient (Wildman–Crippen LogP) is 3.65. The number of nitrogens with zero attached hydrogens (tertiary/aromatic N) is 1. The number of sulfonamides is 1. The van der Waals surface area contributed by atoms with E-state index in [4.69, 9.17) is 4.74 Å². The summed E-state index contributed by atoms with van der Waals surface area (Å²) in [5.41, 5.74) is 2.14. The molecule has 0 aromatic heterocycles. The lowest BCUT2D eigenvalue weighted by atomic mass is 10.1. The van der Waals surface area contributed by atoms with Gasteiger partial charge in [0, 0.05) is 6.54 Å². The normalized spacial score (nSPS) is 11.1.